The zero-order chi connectivity index (χ0) is 31.3. The Hall–Kier alpha value is -5.11. The predicted octanol–water partition coefficient (Wildman–Crippen LogP) is 5.47. The molecule has 1 aliphatic rings. The van der Waals surface area contributed by atoms with E-state index < -0.39 is 73.5 Å². The quantitative estimate of drug-likeness (QED) is 0.202. The summed E-state index contributed by atoms with van der Waals surface area (Å²) in [6.45, 7) is 0. The summed E-state index contributed by atoms with van der Waals surface area (Å²) < 4.78 is 69.7. The highest BCUT2D eigenvalue weighted by atomic mass is 35.5. The smallest absolute Gasteiger partial charge is 0.341 e. The number of carbonyl (C=O) groups is 2. The molecule has 0 atom stereocenters. The van der Waals surface area contributed by atoms with Crippen molar-refractivity contribution in [3.8, 4) is 5.69 Å². The highest BCUT2D eigenvalue weighted by molar-refractivity contribution is 6.29. The first-order chi connectivity index (χ1) is 20.3. The first-order valence-electron chi connectivity index (χ1n) is 12.2. The SMILES string of the molecule is O=C(O)c1cn(-c2ccc(F)cc2F)c2nc(Cl)c(F)cc2c1=O.O=C(O)c1cn(C2CC2)c2cc(F)c(F)cc2c1=O. The van der Waals surface area contributed by atoms with E-state index in [2.05, 4.69) is 4.98 Å². The van der Waals surface area contributed by atoms with E-state index in [4.69, 9.17) is 21.8 Å². The molecule has 0 radical (unpaired) electrons. The van der Waals surface area contributed by atoms with Gasteiger partial charge in [-0.2, -0.15) is 0 Å². The van der Waals surface area contributed by atoms with Crippen molar-refractivity contribution in [3.63, 3.8) is 0 Å². The van der Waals surface area contributed by atoms with E-state index in [-0.39, 0.29) is 28.3 Å². The lowest BCUT2D eigenvalue weighted by atomic mass is 10.1. The van der Waals surface area contributed by atoms with E-state index in [0.717, 1.165) is 53.9 Å². The molecule has 0 saturated heterocycles. The van der Waals surface area contributed by atoms with Gasteiger partial charge in [0, 0.05) is 36.0 Å². The van der Waals surface area contributed by atoms with Crippen LogP contribution in [0.15, 0.2) is 58.4 Å². The van der Waals surface area contributed by atoms with Gasteiger partial charge in [-0.3, -0.25) is 14.2 Å². The Kier molecular flexibility index (Phi) is 7.48. The number of aromatic nitrogens is 3. The molecule has 0 amide bonds. The van der Waals surface area contributed by atoms with Gasteiger partial charge in [0.25, 0.3) is 0 Å². The number of carboxylic acids is 2. The molecule has 9 nitrogen and oxygen atoms in total. The summed E-state index contributed by atoms with van der Waals surface area (Å²) in [5, 5.41) is 17.0. The van der Waals surface area contributed by atoms with Crippen LogP contribution in [0.4, 0.5) is 22.0 Å². The Morgan fingerprint density at radius 3 is 1.98 bits per heavy atom. The third kappa shape index (κ3) is 5.44. The number of rotatable bonds is 4. The summed E-state index contributed by atoms with van der Waals surface area (Å²) in [5.74, 6) is -8.08. The van der Waals surface area contributed by atoms with Crippen LogP contribution in [-0.4, -0.2) is 36.3 Å². The second-order valence-corrected chi connectivity index (χ2v) is 9.73. The first kappa shape index (κ1) is 29.4. The van der Waals surface area contributed by atoms with E-state index in [1.165, 1.54) is 6.20 Å². The second-order valence-electron chi connectivity index (χ2n) is 9.37. The van der Waals surface area contributed by atoms with Crippen LogP contribution in [0.1, 0.15) is 39.6 Å². The standard InChI is InChI=1S/C15H6ClF3N2O3.C13H9F2NO3/c16-13-10(19)4-7-12(22)8(15(23)24)5-21(14(7)20-13)11-2-1-6(17)3-9(11)18;14-9-3-7-11(4-10(9)15)16(6-1-2-6)5-8(12(7)17)13(18)19/h1-5H,(H,23,24);3-6H,1-2H2,(H,18,19). The second kappa shape index (κ2) is 10.9. The third-order valence-electron chi connectivity index (χ3n) is 6.53. The van der Waals surface area contributed by atoms with Crippen LogP contribution in [0, 0.1) is 29.1 Å². The van der Waals surface area contributed by atoms with Gasteiger partial charge in [0.05, 0.1) is 16.6 Å². The summed E-state index contributed by atoms with van der Waals surface area (Å²) >= 11 is 5.60. The molecule has 1 saturated carbocycles. The van der Waals surface area contributed by atoms with Crippen LogP contribution in [0.2, 0.25) is 5.15 Å². The number of hydrogen-bond acceptors (Lipinski definition) is 5. The van der Waals surface area contributed by atoms with Crippen LogP contribution in [-0.2, 0) is 0 Å². The van der Waals surface area contributed by atoms with Gasteiger partial charge >= 0.3 is 11.9 Å². The fourth-order valence-corrected chi connectivity index (χ4v) is 4.50. The minimum Gasteiger partial charge on any atom is -0.477 e. The topological polar surface area (TPSA) is 131 Å². The minimum atomic E-state index is -1.59. The molecule has 6 rings (SSSR count). The molecule has 43 heavy (non-hydrogen) atoms. The van der Waals surface area contributed by atoms with E-state index in [0.29, 0.717) is 6.07 Å². The van der Waals surface area contributed by atoms with Gasteiger partial charge in [0.2, 0.25) is 10.9 Å². The van der Waals surface area contributed by atoms with E-state index in [9.17, 15) is 41.1 Å². The molecule has 1 fully saturated rings. The van der Waals surface area contributed by atoms with Crippen molar-refractivity contribution in [2.45, 2.75) is 18.9 Å². The molecule has 15 heteroatoms. The van der Waals surface area contributed by atoms with E-state index in [1.807, 2.05) is 0 Å². The Morgan fingerprint density at radius 1 is 0.791 bits per heavy atom. The number of fused-ring (bicyclic) bond motifs is 2. The van der Waals surface area contributed by atoms with Crippen molar-refractivity contribution < 1.29 is 41.8 Å². The number of hydrogen-bond donors (Lipinski definition) is 2. The first-order valence-corrected chi connectivity index (χ1v) is 12.5. The zero-order valence-corrected chi connectivity index (χ0v) is 22.0. The lowest BCUT2D eigenvalue weighted by Gasteiger charge is -2.13. The number of pyridine rings is 3. The number of nitrogens with zero attached hydrogens (tertiary/aromatic N) is 3. The van der Waals surface area contributed by atoms with Gasteiger partial charge in [-0.25, -0.2) is 36.5 Å². The maximum Gasteiger partial charge on any atom is 0.341 e. The van der Waals surface area contributed by atoms with E-state index in [1.54, 1.807) is 4.57 Å². The van der Waals surface area contributed by atoms with Crippen molar-refractivity contribution in [2.75, 3.05) is 0 Å². The molecule has 3 heterocycles. The van der Waals surface area contributed by atoms with Crippen LogP contribution >= 0.6 is 11.6 Å². The van der Waals surface area contributed by atoms with Crippen molar-refractivity contribution in [3.05, 3.63) is 115 Å². The van der Waals surface area contributed by atoms with Crippen molar-refractivity contribution in [1.29, 1.82) is 0 Å². The van der Waals surface area contributed by atoms with Crippen LogP contribution in [0.3, 0.4) is 0 Å². The fraction of sp³-hybridized carbons (Fsp3) is 0.107. The van der Waals surface area contributed by atoms with Crippen molar-refractivity contribution in [1.82, 2.24) is 14.1 Å². The summed E-state index contributed by atoms with van der Waals surface area (Å²) in [5.41, 5.74) is -3.25. The summed E-state index contributed by atoms with van der Waals surface area (Å²) in [7, 11) is 0. The molecular weight excluding hydrogens is 605 g/mol. The molecule has 220 valence electrons. The molecule has 2 aromatic carbocycles. The Labute approximate surface area is 240 Å². The Bertz CT molecular complexity index is 2130. The monoisotopic (exact) mass is 619 g/mol. The Balaban J connectivity index is 0.000000176. The van der Waals surface area contributed by atoms with Crippen molar-refractivity contribution in [2.24, 2.45) is 0 Å². The average molecular weight is 620 g/mol. The molecule has 0 spiro atoms. The van der Waals surface area contributed by atoms with Gasteiger partial charge < -0.3 is 14.8 Å². The number of benzene rings is 2. The number of carboxylic acid groups (broad SMARTS) is 2. The van der Waals surface area contributed by atoms with Crippen LogP contribution < -0.4 is 10.9 Å². The minimum absolute atomic E-state index is 0.0473. The summed E-state index contributed by atoms with van der Waals surface area (Å²) in [4.78, 5) is 50.0. The van der Waals surface area contributed by atoms with Gasteiger partial charge in [0.1, 0.15) is 22.8 Å². The summed E-state index contributed by atoms with van der Waals surface area (Å²) in [6, 6.07) is 5.01. The molecule has 5 aromatic rings. The maximum atomic E-state index is 14.1. The highest BCUT2D eigenvalue weighted by Crippen LogP contribution is 2.37. The summed E-state index contributed by atoms with van der Waals surface area (Å²) in [6.07, 6.45) is 3.69. The zero-order valence-electron chi connectivity index (χ0n) is 21.2. The molecule has 0 bridgehead atoms. The van der Waals surface area contributed by atoms with Crippen LogP contribution in [0.5, 0.6) is 0 Å². The predicted molar refractivity (Wildman–Crippen MR) is 143 cm³/mol. The average Bonchev–Trinajstić information content (AvgIpc) is 3.77. The molecule has 3 aromatic heterocycles. The third-order valence-corrected chi connectivity index (χ3v) is 6.80. The van der Waals surface area contributed by atoms with Gasteiger partial charge in [-0.05, 0) is 37.1 Å². The highest BCUT2D eigenvalue weighted by Gasteiger charge is 2.27. The van der Waals surface area contributed by atoms with Gasteiger partial charge in [0.15, 0.2) is 28.3 Å². The van der Waals surface area contributed by atoms with E-state index >= 15 is 0 Å². The van der Waals surface area contributed by atoms with Crippen LogP contribution in [0.25, 0.3) is 27.6 Å². The van der Waals surface area contributed by atoms with Crippen molar-refractivity contribution >= 4 is 45.5 Å². The molecule has 0 unspecified atom stereocenters. The largest absolute Gasteiger partial charge is 0.477 e. The lowest BCUT2D eigenvalue weighted by molar-refractivity contribution is 0.0684. The lowest BCUT2D eigenvalue weighted by Crippen LogP contribution is -2.19. The maximum absolute atomic E-state index is 14.1. The molecular formula is C28H15ClF5N3O6. The fourth-order valence-electron chi connectivity index (χ4n) is 4.37. The molecule has 2 N–H and O–H groups in total. The molecule has 0 aliphatic heterocycles. The van der Waals surface area contributed by atoms with Gasteiger partial charge in [-0.1, -0.05) is 11.6 Å². The Morgan fingerprint density at radius 2 is 1.37 bits per heavy atom. The number of aromatic carboxylic acids is 2. The number of halogens is 6. The molecule has 1 aliphatic carbocycles. The van der Waals surface area contributed by atoms with Gasteiger partial charge in [-0.15, -0.1) is 0 Å². The normalized spacial score (nSPS) is 12.7.